The first kappa shape index (κ1) is 15.3. The Balaban J connectivity index is 1.75. The molecule has 25 heavy (non-hydrogen) atoms. The molecular formula is C17H14FN7. The Hall–Kier alpha value is -3.26. The van der Waals surface area contributed by atoms with Crippen LogP contribution in [-0.2, 0) is 6.54 Å². The van der Waals surface area contributed by atoms with E-state index in [9.17, 15) is 4.39 Å². The Kier molecular flexibility index (Phi) is 3.87. The number of nitrogens with two attached hydrogens (primary N) is 1. The normalized spacial score (nSPS) is 12.4. The molecule has 1 unspecified atom stereocenters. The van der Waals surface area contributed by atoms with E-state index < -0.39 is 6.04 Å². The molecule has 0 saturated heterocycles. The van der Waals surface area contributed by atoms with Crippen molar-refractivity contribution in [3.05, 3.63) is 77.8 Å². The molecule has 8 heteroatoms. The van der Waals surface area contributed by atoms with Gasteiger partial charge < -0.3 is 5.73 Å². The number of fused-ring (bicyclic) bond motifs is 1. The molecule has 0 spiro atoms. The predicted octanol–water partition coefficient (Wildman–Crippen LogP) is 1.85. The van der Waals surface area contributed by atoms with E-state index in [1.54, 1.807) is 24.4 Å². The van der Waals surface area contributed by atoms with Gasteiger partial charge >= 0.3 is 0 Å². The molecule has 124 valence electrons. The van der Waals surface area contributed by atoms with Gasteiger partial charge in [-0.05, 0) is 18.2 Å². The monoisotopic (exact) mass is 335 g/mol. The second-order valence-electron chi connectivity index (χ2n) is 5.50. The molecule has 0 aliphatic carbocycles. The second kappa shape index (κ2) is 6.33. The molecule has 0 radical (unpaired) electrons. The Labute approximate surface area is 142 Å². The summed E-state index contributed by atoms with van der Waals surface area (Å²) in [6, 6.07) is 11.5. The standard InChI is InChI=1S/C17H14FN7/c18-12-6-2-1-5-11(12)9-25-17-16(23-24-25)15(21-10-22-17)14(19)13-7-3-4-8-20-13/h1-8,10,14H,9,19H2. The van der Waals surface area contributed by atoms with Crippen LogP contribution in [-0.4, -0.2) is 29.9 Å². The Morgan fingerprint density at radius 3 is 2.68 bits per heavy atom. The highest BCUT2D eigenvalue weighted by Gasteiger charge is 2.19. The molecule has 4 aromatic rings. The fourth-order valence-electron chi connectivity index (χ4n) is 2.63. The maximum Gasteiger partial charge on any atom is 0.182 e. The van der Waals surface area contributed by atoms with Gasteiger partial charge in [-0.15, -0.1) is 5.10 Å². The number of hydrogen-bond donors (Lipinski definition) is 1. The lowest BCUT2D eigenvalue weighted by atomic mass is 10.1. The summed E-state index contributed by atoms with van der Waals surface area (Å²) in [6.07, 6.45) is 3.07. The predicted molar refractivity (Wildman–Crippen MR) is 88.9 cm³/mol. The molecule has 4 rings (SSSR count). The number of rotatable bonds is 4. The lowest BCUT2D eigenvalue weighted by molar-refractivity contribution is 0.582. The topological polar surface area (TPSA) is 95.4 Å². The van der Waals surface area contributed by atoms with Crippen molar-refractivity contribution < 1.29 is 4.39 Å². The highest BCUT2D eigenvalue weighted by atomic mass is 19.1. The summed E-state index contributed by atoms with van der Waals surface area (Å²) in [5, 5.41) is 8.24. The summed E-state index contributed by atoms with van der Waals surface area (Å²) in [5.74, 6) is -0.300. The number of hydrogen-bond acceptors (Lipinski definition) is 6. The molecule has 0 fully saturated rings. The maximum absolute atomic E-state index is 13.9. The first-order chi connectivity index (χ1) is 12.2. The largest absolute Gasteiger partial charge is 0.318 e. The first-order valence-corrected chi connectivity index (χ1v) is 7.68. The van der Waals surface area contributed by atoms with Crippen molar-refractivity contribution in [3.8, 4) is 0 Å². The van der Waals surface area contributed by atoms with Crippen molar-refractivity contribution in [2.75, 3.05) is 0 Å². The highest BCUT2D eigenvalue weighted by Crippen LogP contribution is 2.22. The second-order valence-corrected chi connectivity index (χ2v) is 5.50. The first-order valence-electron chi connectivity index (χ1n) is 7.68. The molecule has 3 heterocycles. The minimum absolute atomic E-state index is 0.221. The fraction of sp³-hybridized carbons (Fsp3) is 0.118. The number of aromatic nitrogens is 6. The minimum atomic E-state index is -0.551. The van der Waals surface area contributed by atoms with Crippen LogP contribution in [0.1, 0.15) is 23.0 Å². The summed E-state index contributed by atoms with van der Waals surface area (Å²) in [4.78, 5) is 12.7. The van der Waals surface area contributed by atoms with E-state index in [1.165, 1.54) is 17.1 Å². The van der Waals surface area contributed by atoms with Gasteiger partial charge in [0.05, 0.1) is 24.0 Å². The van der Waals surface area contributed by atoms with Gasteiger partial charge in [-0.2, -0.15) is 0 Å². The van der Waals surface area contributed by atoms with Gasteiger partial charge in [-0.1, -0.05) is 29.5 Å². The maximum atomic E-state index is 13.9. The molecule has 0 bridgehead atoms. The molecule has 2 N–H and O–H groups in total. The van der Waals surface area contributed by atoms with E-state index in [0.717, 1.165) is 0 Å². The zero-order chi connectivity index (χ0) is 17.2. The average Bonchev–Trinajstić information content (AvgIpc) is 3.07. The third-order valence-electron chi connectivity index (χ3n) is 3.91. The van der Waals surface area contributed by atoms with Gasteiger partial charge in [0.25, 0.3) is 0 Å². The van der Waals surface area contributed by atoms with Crippen molar-refractivity contribution in [3.63, 3.8) is 0 Å². The molecule has 1 aromatic carbocycles. The molecule has 1 atom stereocenters. The average molecular weight is 335 g/mol. The smallest absolute Gasteiger partial charge is 0.182 e. The number of nitrogens with zero attached hydrogens (tertiary/aromatic N) is 6. The van der Waals surface area contributed by atoms with Crippen molar-refractivity contribution in [1.82, 2.24) is 29.9 Å². The SMILES string of the molecule is NC(c1ccccn1)c1ncnc2c1nnn2Cc1ccccc1F. The summed E-state index contributed by atoms with van der Waals surface area (Å²) in [6.45, 7) is 0.221. The lowest BCUT2D eigenvalue weighted by Crippen LogP contribution is -2.16. The van der Waals surface area contributed by atoms with Gasteiger partial charge in [0.2, 0.25) is 0 Å². The van der Waals surface area contributed by atoms with Gasteiger partial charge in [0.15, 0.2) is 11.2 Å². The third kappa shape index (κ3) is 2.83. The number of pyridine rings is 1. The summed E-state index contributed by atoms with van der Waals surface area (Å²) in [7, 11) is 0. The quantitative estimate of drug-likeness (QED) is 0.611. The third-order valence-corrected chi connectivity index (χ3v) is 3.91. The Morgan fingerprint density at radius 2 is 1.88 bits per heavy atom. The van der Waals surface area contributed by atoms with Crippen LogP contribution in [0.5, 0.6) is 0 Å². The fourth-order valence-corrected chi connectivity index (χ4v) is 2.63. The molecule has 0 amide bonds. The molecule has 0 aliphatic heterocycles. The Bertz CT molecular complexity index is 1020. The van der Waals surface area contributed by atoms with E-state index in [-0.39, 0.29) is 12.4 Å². The zero-order valence-corrected chi connectivity index (χ0v) is 13.1. The van der Waals surface area contributed by atoms with Crippen molar-refractivity contribution in [2.24, 2.45) is 5.73 Å². The number of halogens is 1. The van der Waals surface area contributed by atoms with Crippen molar-refractivity contribution in [2.45, 2.75) is 12.6 Å². The van der Waals surface area contributed by atoms with Crippen LogP contribution in [0, 0.1) is 5.82 Å². The van der Waals surface area contributed by atoms with E-state index in [1.807, 2.05) is 18.2 Å². The van der Waals surface area contributed by atoms with Crippen LogP contribution in [0.25, 0.3) is 11.2 Å². The Morgan fingerprint density at radius 1 is 1.04 bits per heavy atom. The van der Waals surface area contributed by atoms with Gasteiger partial charge in [0.1, 0.15) is 12.1 Å². The van der Waals surface area contributed by atoms with Crippen LogP contribution in [0.4, 0.5) is 4.39 Å². The summed E-state index contributed by atoms with van der Waals surface area (Å²) >= 11 is 0. The lowest BCUT2D eigenvalue weighted by Gasteiger charge is -2.10. The van der Waals surface area contributed by atoms with E-state index in [0.29, 0.717) is 28.1 Å². The van der Waals surface area contributed by atoms with E-state index >= 15 is 0 Å². The van der Waals surface area contributed by atoms with E-state index in [4.69, 9.17) is 5.73 Å². The van der Waals surface area contributed by atoms with Crippen molar-refractivity contribution >= 4 is 11.2 Å². The number of benzene rings is 1. The highest BCUT2D eigenvalue weighted by molar-refractivity contribution is 5.73. The summed E-state index contributed by atoms with van der Waals surface area (Å²) in [5.41, 5.74) is 8.97. The molecular weight excluding hydrogens is 321 g/mol. The van der Waals surface area contributed by atoms with Gasteiger partial charge in [0, 0.05) is 11.8 Å². The van der Waals surface area contributed by atoms with Crippen molar-refractivity contribution in [1.29, 1.82) is 0 Å². The van der Waals surface area contributed by atoms with Gasteiger partial charge in [-0.25, -0.2) is 19.0 Å². The zero-order valence-electron chi connectivity index (χ0n) is 13.1. The van der Waals surface area contributed by atoms with Crippen LogP contribution in [0.3, 0.4) is 0 Å². The molecule has 0 saturated carbocycles. The molecule has 3 aromatic heterocycles. The minimum Gasteiger partial charge on any atom is -0.318 e. The molecule has 7 nitrogen and oxygen atoms in total. The van der Waals surface area contributed by atoms with Crippen LogP contribution in [0.2, 0.25) is 0 Å². The van der Waals surface area contributed by atoms with Gasteiger partial charge in [-0.3, -0.25) is 4.98 Å². The summed E-state index contributed by atoms with van der Waals surface area (Å²) < 4.78 is 15.4. The molecule has 0 aliphatic rings. The van der Waals surface area contributed by atoms with Crippen LogP contribution in [0.15, 0.2) is 55.0 Å². The van der Waals surface area contributed by atoms with Crippen LogP contribution >= 0.6 is 0 Å². The van der Waals surface area contributed by atoms with E-state index in [2.05, 4.69) is 25.3 Å². The van der Waals surface area contributed by atoms with Crippen LogP contribution < -0.4 is 5.73 Å².